The zero-order chi connectivity index (χ0) is 12.6. The summed E-state index contributed by atoms with van der Waals surface area (Å²) in [6.07, 6.45) is 0.497. The molecule has 1 aromatic heterocycles. The van der Waals surface area contributed by atoms with Crippen molar-refractivity contribution in [2.75, 3.05) is 0 Å². The average molecular weight is 234 g/mol. The molecule has 0 atom stereocenters. The summed E-state index contributed by atoms with van der Waals surface area (Å²) in [4.78, 5) is 18.4. The maximum atomic E-state index is 13.9. The molecular weight excluding hydrogens is 219 g/mol. The molecule has 3 nitrogen and oxygen atoms in total. The van der Waals surface area contributed by atoms with Crippen molar-refractivity contribution in [1.29, 1.82) is 0 Å². The molecule has 0 saturated carbocycles. The molecule has 2 aromatic rings. The van der Waals surface area contributed by atoms with E-state index in [1.165, 1.54) is 6.07 Å². The van der Waals surface area contributed by atoms with E-state index >= 15 is 0 Å². The van der Waals surface area contributed by atoms with E-state index in [9.17, 15) is 9.18 Å². The first kappa shape index (κ1) is 11.8. The molecule has 0 spiro atoms. The maximum absolute atomic E-state index is 13.9. The molecule has 2 rings (SSSR count). The molecule has 0 bridgehead atoms. The summed E-state index contributed by atoms with van der Waals surface area (Å²) in [5, 5.41) is 0. The number of halogens is 1. The fourth-order valence-corrected chi connectivity index (χ4v) is 1.78. The van der Waals surface area contributed by atoms with Crippen molar-refractivity contribution in [2.24, 2.45) is 0 Å². The largest absolute Gasteiger partial charge is 0.319 e. The lowest BCUT2D eigenvalue weighted by atomic mass is 10.0. The molecule has 1 N–H and O–H groups in total. The fourth-order valence-electron chi connectivity index (χ4n) is 1.78. The highest BCUT2D eigenvalue weighted by atomic mass is 19.1. The van der Waals surface area contributed by atoms with Crippen LogP contribution >= 0.6 is 0 Å². The van der Waals surface area contributed by atoms with E-state index in [-0.39, 0.29) is 22.8 Å². The van der Waals surface area contributed by atoms with E-state index in [1.807, 2.05) is 20.8 Å². The van der Waals surface area contributed by atoms with Gasteiger partial charge in [0.1, 0.15) is 11.2 Å². The Labute approximate surface area is 98.7 Å². The van der Waals surface area contributed by atoms with Gasteiger partial charge in [-0.05, 0) is 30.0 Å². The summed E-state index contributed by atoms with van der Waals surface area (Å²) in [6.45, 7) is 5.78. The summed E-state index contributed by atoms with van der Waals surface area (Å²) >= 11 is 0. The molecule has 0 aliphatic carbocycles. The quantitative estimate of drug-likeness (QED) is 0.868. The number of nitrogens with one attached hydrogen (secondary N) is 1. The Balaban J connectivity index is 2.78. The molecule has 0 aliphatic rings. The van der Waals surface area contributed by atoms with Gasteiger partial charge in [-0.25, -0.2) is 9.37 Å². The summed E-state index contributed by atoms with van der Waals surface area (Å²) in [5.74, 6) is -0.166. The summed E-state index contributed by atoms with van der Waals surface area (Å²) in [5.41, 5.74) is 1.70. The third kappa shape index (κ3) is 2.07. The molecule has 0 amide bonds. The van der Waals surface area contributed by atoms with Crippen LogP contribution in [0.1, 0.15) is 37.9 Å². The second-order valence-corrected chi connectivity index (χ2v) is 4.42. The van der Waals surface area contributed by atoms with Crippen molar-refractivity contribution >= 4 is 11.0 Å². The predicted molar refractivity (Wildman–Crippen MR) is 65.8 cm³/mol. The van der Waals surface area contributed by atoms with Crippen LogP contribution in [0.3, 0.4) is 0 Å². The fraction of sp³-hybridized carbons (Fsp3) is 0.385. The Morgan fingerprint density at radius 2 is 2.12 bits per heavy atom. The Morgan fingerprint density at radius 1 is 1.41 bits per heavy atom. The number of aromatic nitrogens is 2. The van der Waals surface area contributed by atoms with Gasteiger partial charge in [-0.15, -0.1) is 0 Å². The zero-order valence-corrected chi connectivity index (χ0v) is 10.2. The molecule has 0 saturated heterocycles. The number of nitrogens with zero attached hydrogens (tertiary/aromatic N) is 1. The standard InChI is InChI=1S/C13H15FN2O/c1-4-10-13(17)16-11-6-8(7(2)3)5-9(14)12(11)15-10/h5-7H,4H2,1-3H3,(H,16,17). The molecule has 0 unspecified atom stereocenters. The number of aryl methyl sites for hydroxylation is 1. The number of benzene rings is 1. The van der Waals surface area contributed by atoms with Gasteiger partial charge in [-0.1, -0.05) is 20.8 Å². The number of hydrogen-bond acceptors (Lipinski definition) is 2. The predicted octanol–water partition coefficient (Wildman–Crippen LogP) is 2.75. The smallest absolute Gasteiger partial charge is 0.270 e. The highest BCUT2D eigenvalue weighted by Gasteiger charge is 2.10. The third-order valence-electron chi connectivity index (χ3n) is 2.84. The first-order valence-corrected chi connectivity index (χ1v) is 5.75. The monoisotopic (exact) mass is 234 g/mol. The van der Waals surface area contributed by atoms with Crippen molar-refractivity contribution < 1.29 is 4.39 Å². The Kier molecular flexibility index (Phi) is 2.96. The Bertz CT molecular complexity index is 617. The van der Waals surface area contributed by atoms with Gasteiger partial charge in [0.05, 0.1) is 5.52 Å². The third-order valence-corrected chi connectivity index (χ3v) is 2.84. The van der Waals surface area contributed by atoms with E-state index in [4.69, 9.17) is 0 Å². The van der Waals surface area contributed by atoms with E-state index in [0.29, 0.717) is 17.6 Å². The second-order valence-electron chi connectivity index (χ2n) is 4.42. The maximum Gasteiger partial charge on any atom is 0.270 e. The van der Waals surface area contributed by atoms with Gasteiger partial charge >= 0.3 is 0 Å². The van der Waals surface area contributed by atoms with Crippen LogP contribution in [-0.2, 0) is 6.42 Å². The lowest BCUT2D eigenvalue weighted by Crippen LogP contribution is -2.15. The normalized spacial score (nSPS) is 11.4. The van der Waals surface area contributed by atoms with Gasteiger partial charge in [0.15, 0.2) is 5.82 Å². The number of fused-ring (bicyclic) bond motifs is 1. The molecule has 1 aromatic carbocycles. The van der Waals surface area contributed by atoms with Gasteiger partial charge in [0.25, 0.3) is 5.56 Å². The highest BCUT2D eigenvalue weighted by molar-refractivity contribution is 5.75. The molecule has 17 heavy (non-hydrogen) atoms. The van der Waals surface area contributed by atoms with Gasteiger partial charge < -0.3 is 4.98 Å². The van der Waals surface area contributed by atoms with Crippen LogP contribution in [0.15, 0.2) is 16.9 Å². The molecule has 1 heterocycles. The summed E-state index contributed by atoms with van der Waals surface area (Å²) in [6, 6.07) is 3.27. The molecule has 0 radical (unpaired) electrons. The van der Waals surface area contributed by atoms with Gasteiger partial charge in [-0.2, -0.15) is 0 Å². The Hall–Kier alpha value is -1.71. The van der Waals surface area contributed by atoms with Gasteiger partial charge in [-0.3, -0.25) is 4.79 Å². The van der Waals surface area contributed by atoms with Crippen LogP contribution in [0, 0.1) is 5.82 Å². The first-order chi connectivity index (χ1) is 8.02. The Morgan fingerprint density at radius 3 is 2.71 bits per heavy atom. The van der Waals surface area contributed by atoms with E-state index < -0.39 is 0 Å². The van der Waals surface area contributed by atoms with Crippen LogP contribution in [0.4, 0.5) is 4.39 Å². The van der Waals surface area contributed by atoms with E-state index in [1.54, 1.807) is 6.07 Å². The second kappa shape index (κ2) is 4.28. The lowest BCUT2D eigenvalue weighted by Gasteiger charge is -2.08. The number of hydrogen-bond donors (Lipinski definition) is 1. The highest BCUT2D eigenvalue weighted by Crippen LogP contribution is 2.21. The molecule has 0 aliphatic heterocycles. The lowest BCUT2D eigenvalue weighted by molar-refractivity contribution is 0.631. The number of aromatic amines is 1. The minimum Gasteiger partial charge on any atom is -0.319 e. The van der Waals surface area contributed by atoms with Crippen LogP contribution in [0.5, 0.6) is 0 Å². The van der Waals surface area contributed by atoms with Gasteiger partial charge in [0, 0.05) is 0 Å². The summed E-state index contributed by atoms with van der Waals surface area (Å²) in [7, 11) is 0. The van der Waals surface area contributed by atoms with Crippen molar-refractivity contribution in [1.82, 2.24) is 9.97 Å². The SMILES string of the molecule is CCc1nc2c(F)cc(C(C)C)cc2[nH]c1=O. The van der Waals surface area contributed by atoms with Crippen molar-refractivity contribution in [3.63, 3.8) is 0 Å². The minimum absolute atomic E-state index is 0.211. The van der Waals surface area contributed by atoms with E-state index in [0.717, 1.165) is 5.56 Å². The molecule has 0 fully saturated rings. The number of rotatable bonds is 2. The number of H-pyrrole nitrogens is 1. The zero-order valence-electron chi connectivity index (χ0n) is 10.2. The van der Waals surface area contributed by atoms with Crippen LogP contribution in [0.2, 0.25) is 0 Å². The molecule has 4 heteroatoms. The van der Waals surface area contributed by atoms with Crippen molar-refractivity contribution in [3.05, 3.63) is 39.6 Å². The minimum atomic E-state index is -0.378. The van der Waals surface area contributed by atoms with E-state index in [2.05, 4.69) is 9.97 Å². The van der Waals surface area contributed by atoms with Crippen molar-refractivity contribution in [3.8, 4) is 0 Å². The van der Waals surface area contributed by atoms with Crippen molar-refractivity contribution in [2.45, 2.75) is 33.1 Å². The van der Waals surface area contributed by atoms with Crippen LogP contribution < -0.4 is 5.56 Å². The summed E-state index contributed by atoms with van der Waals surface area (Å²) < 4.78 is 13.9. The van der Waals surface area contributed by atoms with Gasteiger partial charge in [0.2, 0.25) is 0 Å². The van der Waals surface area contributed by atoms with Crippen LogP contribution in [0.25, 0.3) is 11.0 Å². The molecule has 90 valence electrons. The first-order valence-electron chi connectivity index (χ1n) is 5.75. The van der Waals surface area contributed by atoms with Crippen LogP contribution in [-0.4, -0.2) is 9.97 Å². The molecular formula is C13H15FN2O. The topological polar surface area (TPSA) is 45.8 Å². The average Bonchev–Trinajstić information content (AvgIpc) is 2.27.